The molecule has 1 heterocycles. The molecule has 5 N–H and O–H groups in total. The predicted octanol–water partition coefficient (Wildman–Crippen LogP) is 2.29. The fourth-order valence-corrected chi connectivity index (χ4v) is 2.38. The van der Waals surface area contributed by atoms with Gasteiger partial charge in [-0.1, -0.05) is 11.8 Å². The minimum absolute atomic E-state index is 0.345. The molecule has 1 aromatic carbocycles. The molecule has 1 aliphatic rings. The number of hydrogen-bond donors (Lipinski definition) is 3. The summed E-state index contributed by atoms with van der Waals surface area (Å²) < 4.78 is 0. The van der Waals surface area contributed by atoms with E-state index in [1.165, 1.54) is 19.0 Å². The molecule has 1 amide bonds. The van der Waals surface area contributed by atoms with Crippen molar-refractivity contribution in [1.29, 1.82) is 0 Å². The number of carbonyl (C=O) groups excluding carboxylic acids is 1. The Morgan fingerprint density at radius 1 is 1.33 bits per heavy atom. The van der Waals surface area contributed by atoms with Gasteiger partial charge in [-0.05, 0) is 49.4 Å². The van der Waals surface area contributed by atoms with Gasteiger partial charge in [0.05, 0.1) is 16.9 Å². The number of primary amides is 1. The number of nitrogen functional groups attached to an aromatic ring is 1. The molecule has 0 saturated heterocycles. The van der Waals surface area contributed by atoms with Crippen molar-refractivity contribution in [3.63, 3.8) is 0 Å². The van der Waals surface area contributed by atoms with Crippen LogP contribution >= 0.6 is 0 Å². The zero-order chi connectivity index (χ0) is 17.1. The van der Waals surface area contributed by atoms with Crippen LogP contribution in [0.3, 0.4) is 0 Å². The van der Waals surface area contributed by atoms with E-state index in [1.807, 2.05) is 19.1 Å². The van der Waals surface area contributed by atoms with Crippen LogP contribution in [0.1, 0.15) is 39.9 Å². The lowest BCUT2D eigenvalue weighted by Gasteiger charge is -2.12. The van der Waals surface area contributed by atoms with Crippen molar-refractivity contribution < 1.29 is 4.79 Å². The number of pyridine rings is 1. The molecule has 0 atom stereocenters. The number of nitrogens with zero attached hydrogens (tertiary/aromatic N) is 1. The van der Waals surface area contributed by atoms with Gasteiger partial charge in [0.15, 0.2) is 0 Å². The van der Waals surface area contributed by atoms with Crippen molar-refractivity contribution in [1.82, 2.24) is 4.98 Å². The monoisotopic (exact) mass is 320 g/mol. The Balaban J connectivity index is 1.81. The van der Waals surface area contributed by atoms with Gasteiger partial charge < -0.3 is 16.8 Å². The lowest BCUT2D eigenvalue weighted by molar-refractivity contribution is 0.1000. The van der Waals surface area contributed by atoms with Gasteiger partial charge >= 0.3 is 0 Å². The Hall–Kier alpha value is -3.00. The smallest absolute Gasteiger partial charge is 0.250 e. The third-order valence-electron chi connectivity index (χ3n) is 4.16. The topological polar surface area (TPSA) is 94.0 Å². The summed E-state index contributed by atoms with van der Waals surface area (Å²) in [6, 6.07) is 5.55. The summed E-state index contributed by atoms with van der Waals surface area (Å²) in [4.78, 5) is 15.2. The summed E-state index contributed by atoms with van der Waals surface area (Å²) in [5.74, 6) is 6.37. The fraction of sp³-hybridized carbons (Fsp3) is 0.263. The van der Waals surface area contributed by atoms with Crippen molar-refractivity contribution in [2.75, 3.05) is 17.6 Å². The maximum absolute atomic E-state index is 11.2. The van der Waals surface area contributed by atoms with E-state index >= 15 is 0 Å². The first-order valence-electron chi connectivity index (χ1n) is 7.94. The minimum atomic E-state index is -0.516. The van der Waals surface area contributed by atoms with Gasteiger partial charge in [-0.15, -0.1) is 0 Å². The highest BCUT2D eigenvalue weighted by atomic mass is 16.1. The first-order valence-corrected chi connectivity index (χ1v) is 7.94. The number of carbonyl (C=O) groups is 1. The summed E-state index contributed by atoms with van der Waals surface area (Å²) >= 11 is 0. The molecule has 1 aromatic heterocycles. The molecule has 1 aliphatic carbocycles. The Kier molecular flexibility index (Phi) is 4.39. The van der Waals surface area contributed by atoms with E-state index in [0.717, 1.165) is 35.0 Å². The van der Waals surface area contributed by atoms with Crippen LogP contribution in [0.15, 0.2) is 30.6 Å². The van der Waals surface area contributed by atoms with E-state index in [1.54, 1.807) is 12.3 Å². The van der Waals surface area contributed by atoms with Crippen molar-refractivity contribution in [3.05, 3.63) is 52.8 Å². The molecule has 122 valence electrons. The molecule has 0 unspecified atom stereocenters. The van der Waals surface area contributed by atoms with E-state index < -0.39 is 5.91 Å². The Bertz CT molecular complexity index is 844. The molecule has 0 bridgehead atoms. The number of nitrogens with one attached hydrogen (secondary N) is 1. The third kappa shape index (κ3) is 3.66. The molecule has 24 heavy (non-hydrogen) atoms. The maximum atomic E-state index is 11.2. The molecule has 5 nitrogen and oxygen atoms in total. The van der Waals surface area contributed by atoms with E-state index in [9.17, 15) is 4.79 Å². The minimum Gasteiger partial charge on any atom is -0.397 e. The summed E-state index contributed by atoms with van der Waals surface area (Å²) in [6.07, 6.45) is 5.63. The normalized spacial score (nSPS) is 13.0. The van der Waals surface area contributed by atoms with Crippen LogP contribution in [0.5, 0.6) is 0 Å². The summed E-state index contributed by atoms with van der Waals surface area (Å²) in [7, 11) is 0. The largest absolute Gasteiger partial charge is 0.397 e. The second-order valence-corrected chi connectivity index (χ2v) is 6.10. The van der Waals surface area contributed by atoms with Crippen molar-refractivity contribution >= 4 is 17.3 Å². The van der Waals surface area contributed by atoms with Gasteiger partial charge in [-0.3, -0.25) is 9.78 Å². The molecule has 2 aromatic rings. The van der Waals surface area contributed by atoms with Gasteiger partial charge in [0.25, 0.3) is 0 Å². The molecule has 0 radical (unpaired) electrons. The number of amides is 1. The number of benzene rings is 1. The Morgan fingerprint density at radius 2 is 2.12 bits per heavy atom. The molecule has 3 rings (SSSR count). The van der Waals surface area contributed by atoms with E-state index in [-0.39, 0.29) is 0 Å². The summed E-state index contributed by atoms with van der Waals surface area (Å²) in [5.41, 5.74) is 15.9. The number of anilines is 2. The molecule has 5 heteroatoms. The number of aromatic nitrogens is 1. The zero-order valence-electron chi connectivity index (χ0n) is 13.6. The molecule has 1 fully saturated rings. The Labute approximate surface area is 141 Å². The quantitative estimate of drug-likeness (QED) is 0.595. The summed E-state index contributed by atoms with van der Waals surface area (Å²) in [6.45, 7) is 2.93. The summed E-state index contributed by atoms with van der Waals surface area (Å²) in [5, 5.41) is 3.40. The second kappa shape index (κ2) is 6.63. The van der Waals surface area contributed by atoms with Crippen molar-refractivity contribution in [2.45, 2.75) is 19.8 Å². The first kappa shape index (κ1) is 15.9. The van der Waals surface area contributed by atoms with Gasteiger partial charge in [0, 0.05) is 30.1 Å². The van der Waals surface area contributed by atoms with Gasteiger partial charge in [-0.2, -0.15) is 0 Å². The van der Waals surface area contributed by atoms with Crippen LogP contribution in [0.4, 0.5) is 11.4 Å². The third-order valence-corrected chi connectivity index (χ3v) is 4.16. The van der Waals surface area contributed by atoms with Gasteiger partial charge in [-0.25, -0.2) is 0 Å². The van der Waals surface area contributed by atoms with Crippen LogP contribution in [0.25, 0.3) is 0 Å². The highest BCUT2D eigenvalue weighted by Gasteiger charge is 2.21. The first-order chi connectivity index (χ1) is 11.5. The van der Waals surface area contributed by atoms with Gasteiger partial charge in [0.2, 0.25) is 5.91 Å². The van der Waals surface area contributed by atoms with E-state index in [4.69, 9.17) is 11.5 Å². The molecule has 1 saturated carbocycles. The molecular formula is C19H20N4O. The highest BCUT2D eigenvalue weighted by Crippen LogP contribution is 2.31. The van der Waals surface area contributed by atoms with E-state index in [0.29, 0.717) is 11.1 Å². The second-order valence-electron chi connectivity index (χ2n) is 6.10. The van der Waals surface area contributed by atoms with Crippen LogP contribution < -0.4 is 16.8 Å². The lowest BCUT2D eigenvalue weighted by Crippen LogP contribution is -2.11. The van der Waals surface area contributed by atoms with Crippen LogP contribution in [-0.2, 0) is 0 Å². The van der Waals surface area contributed by atoms with Crippen molar-refractivity contribution in [3.8, 4) is 11.8 Å². The van der Waals surface area contributed by atoms with Crippen LogP contribution in [0, 0.1) is 24.7 Å². The maximum Gasteiger partial charge on any atom is 0.250 e. The standard InChI is InChI=1S/C19H20N4O/c1-12-15(5-4-14-8-16(19(21)24)11-22-9-14)6-7-17(18(12)20)23-10-13-2-3-13/h6-9,11,13,23H,2-3,10,20H2,1H3,(H2,21,24). The molecule has 0 aliphatic heterocycles. The highest BCUT2D eigenvalue weighted by molar-refractivity contribution is 5.92. The van der Waals surface area contributed by atoms with Gasteiger partial charge in [0.1, 0.15) is 0 Å². The van der Waals surface area contributed by atoms with Crippen LogP contribution in [-0.4, -0.2) is 17.4 Å². The lowest BCUT2D eigenvalue weighted by atomic mass is 10.0. The Morgan fingerprint density at radius 3 is 2.83 bits per heavy atom. The SMILES string of the molecule is Cc1c(C#Cc2cncc(C(N)=O)c2)ccc(NCC2CC2)c1N. The van der Waals surface area contributed by atoms with E-state index in [2.05, 4.69) is 22.1 Å². The van der Waals surface area contributed by atoms with Crippen LogP contribution in [0.2, 0.25) is 0 Å². The zero-order valence-corrected chi connectivity index (χ0v) is 13.6. The number of hydrogen-bond acceptors (Lipinski definition) is 4. The molecular weight excluding hydrogens is 300 g/mol. The average Bonchev–Trinajstić information content (AvgIpc) is 3.40. The number of rotatable bonds is 4. The average molecular weight is 320 g/mol. The predicted molar refractivity (Wildman–Crippen MR) is 95.5 cm³/mol. The fourth-order valence-electron chi connectivity index (χ4n) is 2.38. The number of nitrogens with two attached hydrogens (primary N) is 2. The molecule has 0 spiro atoms. The van der Waals surface area contributed by atoms with Crippen molar-refractivity contribution in [2.24, 2.45) is 11.7 Å².